The van der Waals surface area contributed by atoms with Gasteiger partial charge in [0.05, 0.1) is 21.9 Å². The van der Waals surface area contributed by atoms with Gasteiger partial charge in [0.1, 0.15) is 11.2 Å². The summed E-state index contributed by atoms with van der Waals surface area (Å²) in [6.07, 6.45) is 0. The minimum absolute atomic E-state index is 0.0672. The molecule has 0 spiro atoms. The lowest BCUT2D eigenvalue weighted by Crippen LogP contribution is -2.14. The molecule has 1 aliphatic rings. The number of furan rings is 1. The summed E-state index contributed by atoms with van der Waals surface area (Å²) in [4.78, 5) is 0. The van der Waals surface area contributed by atoms with Gasteiger partial charge in [-0.25, -0.2) is 0 Å². The second-order valence-electron chi connectivity index (χ2n) is 12.0. The highest BCUT2D eigenvalue weighted by Crippen LogP contribution is 2.51. The van der Waals surface area contributed by atoms with Gasteiger partial charge in [-0.3, -0.25) is 0 Å². The molecule has 1 aliphatic carbocycles. The number of hydrogen-bond donors (Lipinski definition) is 0. The molecule has 0 amide bonds. The topological polar surface area (TPSA) is 13.1 Å². The second kappa shape index (κ2) is 9.19. The van der Waals surface area contributed by atoms with E-state index in [1.54, 1.807) is 6.07 Å². The summed E-state index contributed by atoms with van der Waals surface area (Å²) in [5, 5.41) is -1.38. The Morgan fingerprint density at radius 2 is 1.15 bits per heavy atom. The third kappa shape index (κ3) is 3.40. The maximum Gasteiger partial charge on any atom is 0.136 e. The summed E-state index contributed by atoms with van der Waals surface area (Å²) in [7, 11) is 0. The normalized spacial score (nSPS) is 18.5. The average Bonchev–Trinajstić information content (AvgIpc) is 3.77. The monoisotopic (exact) mass is 602 g/mol. The minimum Gasteiger partial charge on any atom is -0.456 e. The van der Waals surface area contributed by atoms with Gasteiger partial charge in [0.25, 0.3) is 0 Å². The summed E-state index contributed by atoms with van der Waals surface area (Å²) in [5.41, 5.74) is 2.46. The Labute approximate surface area is 289 Å². The fraction of sp³-hybridized carbons (Fsp3) is 0.0667. The van der Waals surface area contributed by atoms with Crippen LogP contribution in [0.1, 0.15) is 46.9 Å². The van der Waals surface area contributed by atoms with Crippen LogP contribution in [0.4, 0.5) is 0 Å². The Hall–Kier alpha value is -5.66. The van der Waals surface area contributed by atoms with Crippen molar-refractivity contribution >= 4 is 54.3 Å². The van der Waals surface area contributed by atoms with Crippen molar-refractivity contribution in [2.45, 2.75) is 19.3 Å². The first-order chi connectivity index (χ1) is 29.2. The Kier molecular flexibility index (Phi) is 2.92. The standard InChI is InChI=1S/C45H30O/c1-45(2)38-18-10-9-13-31(38)36-25-28(19-22-39(36)45)42-32-14-5-7-16-34(32)43(35-17-8-6-15-33(35)42)29-21-23-40-37(26-29)44-30-12-4-3-11-27(30)20-24-41(44)46-40/h3-26H,1-2H3/i3D,4D,5D,6D,7D,8D,11D,12D,14D,15D,16D,17D,21D,23D,24D,26D. The number of benzene rings is 8. The molecule has 0 aliphatic heterocycles. The van der Waals surface area contributed by atoms with Crippen LogP contribution in [0, 0.1) is 0 Å². The zero-order valence-corrected chi connectivity index (χ0v) is 24.5. The van der Waals surface area contributed by atoms with E-state index in [-0.39, 0.29) is 71.4 Å². The van der Waals surface area contributed by atoms with Crippen molar-refractivity contribution in [2.75, 3.05) is 0 Å². The van der Waals surface area contributed by atoms with E-state index in [1.165, 1.54) is 6.07 Å². The molecule has 8 aromatic carbocycles. The Bertz CT molecular complexity index is 3540. The lowest BCUT2D eigenvalue weighted by atomic mass is 9.81. The molecule has 46 heavy (non-hydrogen) atoms. The molecule has 1 aromatic heterocycles. The highest BCUT2D eigenvalue weighted by atomic mass is 16.3. The Morgan fingerprint density at radius 1 is 0.522 bits per heavy atom. The van der Waals surface area contributed by atoms with E-state index in [4.69, 9.17) is 16.8 Å². The van der Waals surface area contributed by atoms with E-state index >= 15 is 0 Å². The molecule has 0 fully saturated rings. The van der Waals surface area contributed by atoms with Crippen molar-refractivity contribution in [3.63, 3.8) is 0 Å². The fourth-order valence-corrected chi connectivity index (χ4v) is 7.18. The third-order valence-corrected chi connectivity index (χ3v) is 9.27. The number of fused-ring (bicyclic) bond motifs is 10. The zero-order chi connectivity index (χ0) is 44.5. The number of hydrogen-bond acceptors (Lipinski definition) is 1. The van der Waals surface area contributed by atoms with Crippen LogP contribution in [-0.2, 0) is 5.41 Å². The Morgan fingerprint density at radius 3 is 1.89 bits per heavy atom. The van der Waals surface area contributed by atoms with Crippen LogP contribution >= 0.6 is 0 Å². The summed E-state index contributed by atoms with van der Waals surface area (Å²) in [6, 6.07) is 5.14. The van der Waals surface area contributed by atoms with E-state index in [0.29, 0.717) is 5.56 Å². The molecule has 1 nitrogen and oxygen atoms in total. The molecule has 9 aromatic rings. The van der Waals surface area contributed by atoms with Gasteiger partial charge >= 0.3 is 0 Å². The van der Waals surface area contributed by atoms with Crippen LogP contribution in [0.3, 0.4) is 0 Å². The highest BCUT2D eigenvalue weighted by Gasteiger charge is 2.35. The van der Waals surface area contributed by atoms with Crippen molar-refractivity contribution in [3.8, 4) is 33.4 Å². The maximum absolute atomic E-state index is 9.88. The smallest absolute Gasteiger partial charge is 0.136 e. The van der Waals surface area contributed by atoms with Gasteiger partial charge in [-0.2, -0.15) is 0 Å². The molecule has 1 heteroatoms. The predicted molar refractivity (Wildman–Crippen MR) is 195 cm³/mol. The largest absolute Gasteiger partial charge is 0.456 e. The van der Waals surface area contributed by atoms with E-state index in [2.05, 4.69) is 13.8 Å². The molecule has 0 saturated carbocycles. The molecular formula is C45H30O. The molecule has 0 saturated heterocycles. The predicted octanol–water partition coefficient (Wildman–Crippen LogP) is 12.7. The average molecular weight is 603 g/mol. The second-order valence-corrected chi connectivity index (χ2v) is 12.0. The highest BCUT2D eigenvalue weighted by molar-refractivity contribution is 6.23. The molecular weight excluding hydrogens is 556 g/mol. The fourth-order valence-electron chi connectivity index (χ4n) is 7.18. The van der Waals surface area contributed by atoms with Gasteiger partial charge in [-0.1, -0.05) is 135 Å². The van der Waals surface area contributed by atoms with Gasteiger partial charge in [0.2, 0.25) is 0 Å². The zero-order valence-electron chi connectivity index (χ0n) is 40.5. The van der Waals surface area contributed by atoms with Crippen molar-refractivity contribution in [1.82, 2.24) is 0 Å². The van der Waals surface area contributed by atoms with Crippen LogP contribution in [0.2, 0.25) is 0 Å². The van der Waals surface area contributed by atoms with Crippen LogP contribution in [0.15, 0.2) is 150 Å². The quantitative estimate of drug-likeness (QED) is 0.179. The molecule has 0 unspecified atom stereocenters. The van der Waals surface area contributed by atoms with Gasteiger partial charge in [-0.05, 0) is 101 Å². The minimum atomic E-state index is -0.695. The summed E-state index contributed by atoms with van der Waals surface area (Å²) < 4.78 is 151. The first-order valence-electron chi connectivity index (χ1n) is 22.8. The first-order valence-corrected chi connectivity index (χ1v) is 14.8. The molecule has 216 valence electrons. The third-order valence-electron chi connectivity index (χ3n) is 9.27. The van der Waals surface area contributed by atoms with Crippen LogP contribution in [-0.4, -0.2) is 0 Å². The lowest BCUT2D eigenvalue weighted by molar-refractivity contribution is 0.660. The van der Waals surface area contributed by atoms with Crippen LogP contribution < -0.4 is 0 Å². The molecule has 0 N–H and O–H groups in total. The molecule has 10 rings (SSSR count). The number of rotatable bonds is 2. The van der Waals surface area contributed by atoms with Crippen LogP contribution in [0.25, 0.3) is 87.6 Å². The molecule has 0 atom stereocenters. The Balaban J connectivity index is 1.47. The molecule has 0 bridgehead atoms. The van der Waals surface area contributed by atoms with Crippen molar-refractivity contribution in [2.24, 2.45) is 0 Å². The summed E-state index contributed by atoms with van der Waals surface area (Å²) in [5.74, 6) is 0. The summed E-state index contributed by atoms with van der Waals surface area (Å²) in [6.45, 7) is 4.17. The van der Waals surface area contributed by atoms with Gasteiger partial charge < -0.3 is 4.42 Å². The molecule has 1 heterocycles. The van der Waals surface area contributed by atoms with Crippen molar-refractivity contribution in [3.05, 3.63) is 156 Å². The van der Waals surface area contributed by atoms with Gasteiger partial charge in [0.15, 0.2) is 0 Å². The van der Waals surface area contributed by atoms with Crippen molar-refractivity contribution in [1.29, 1.82) is 0 Å². The summed E-state index contributed by atoms with van der Waals surface area (Å²) >= 11 is 0. The lowest BCUT2D eigenvalue weighted by Gasteiger charge is -2.22. The van der Waals surface area contributed by atoms with E-state index < -0.39 is 102 Å². The van der Waals surface area contributed by atoms with Gasteiger partial charge in [0, 0.05) is 16.2 Å². The van der Waals surface area contributed by atoms with E-state index in [1.807, 2.05) is 36.4 Å². The van der Waals surface area contributed by atoms with E-state index in [0.717, 1.165) is 22.3 Å². The SMILES string of the molecule is [2H]c1c([2H])c([2H])c2c(cc([2H])c3oc4c([2H])c([2H])c(-c5c6c([2H])c([2H])c([2H])c([2H])c6c(-c6ccc7c(c6)-c6ccccc6C7(C)C)c6c([2H])c([2H])c([2H])c([2H])c56)c([2H])c4c32)c1[2H]. The first kappa shape index (κ1) is 14.6. The maximum atomic E-state index is 9.88. The van der Waals surface area contributed by atoms with E-state index in [9.17, 15) is 9.60 Å². The van der Waals surface area contributed by atoms with Gasteiger partial charge in [-0.15, -0.1) is 0 Å². The van der Waals surface area contributed by atoms with Crippen molar-refractivity contribution < 1.29 is 26.3 Å². The van der Waals surface area contributed by atoms with Crippen LogP contribution in [0.5, 0.6) is 0 Å². The molecule has 0 radical (unpaired) electrons.